The van der Waals surface area contributed by atoms with E-state index in [0.717, 1.165) is 29.8 Å². The van der Waals surface area contributed by atoms with Crippen molar-refractivity contribution < 1.29 is 0 Å². The van der Waals surface area contributed by atoms with E-state index in [1.165, 1.54) is 5.56 Å². The Morgan fingerprint density at radius 2 is 2.27 bits per heavy atom. The van der Waals surface area contributed by atoms with E-state index in [9.17, 15) is 0 Å². The van der Waals surface area contributed by atoms with Crippen LogP contribution in [-0.4, -0.2) is 32.2 Å². The lowest BCUT2D eigenvalue weighted by molar-refractivity contribution is 0.708. The fourth-order valence-electron chi connectivity index (χ4n) is 1.53. The van der Waals surface area contributed by atoms with Gasteiger partial charge >= 0.3 is 0 Å². The number of hydrogen-bond donors (Lipinski definition) is 1. The van der Waals surface area contributed by atoms with Crippen molar-refractivity contribution in [3.05, 3.63) is 22.3 Å². The van der Waals surface area contributed by atoms with Gasteiger partial charge in [0, 0.05) is 24.3 Å². The molecule has 0 bridgehead atoms. The highest BCUT2D eigenvalue weighted by Crippen LogP contribution is 2.19. The molecule has 0 amide bonds. The van der Waals surface area contributed by atoms with E-state index in [4.69, 9.17) is 0 Å². The summed E-state index contributed by atoms with van der Waals surface area (Å²) in [6.07, 6.45) is 2.97. The van der Waals surface area contributed by atoms with Gasteiger partial charge in [0.1, 0.15) is 5.82 Å². The first-order valence-corrected chi connectivity index (χ1v) is 5.92. The fourth-order valence-corrected chi connectivity index (χ4v) is 1.98. The summed E-state index contributed by atoms with van der Waals surface area (Å²) in [5, 5.41) is 3.14. The monoisotopic (exact) mass is 271 g/mol. The molecule has 0 radical (unpaired) electrons. The van der Waals surface area contributed by atoms with Gasteiger partial charge in [0.05, 0.1) is 0 Å². The summed E-state index contributed by atoms with van der Waals surface area (Å²) in [5.41, 5.74) is 1.20. The highest BCUT2D eigenvalue weighted by atomic mass is 79.9. The maximum atomic E-state index is 4.42. The Balaban J connectivity index is 2.61. The first-order chi connectivity index (χ1) is 7.15. The van der Waals surface area contributed by atoms with Gasteiger partial charge in [-0.25, -0.2) is 4.98 Å². The molecular weight excluding hydrogens is 254 g/mol. The van der Waals surface area contributed by atoms with E-state index < -0.39 is 0 Å². The summed E-state index contributed by atoms with van der Waals surface area (Å²) < 4.78 is 1.03. The third kappa shape index (κ3) is 3.80. The van der Waals surface area contributed by atoms with Crippen LogP contribution < -0.4 is 10.2 Å². The standard InChI is InChI=1S/C11H18BrN3/c1-9-7-10(12)8-14-11(9)15(3)6-4-5-13-2/h7-8,13H,4-6H2,1-3H3. The molecular formula is C11H18BrN3. The van der Waals surface area contributed by atoms with Gasteiger partial charge in [-0.2, -0.15) is 0 Å². The van der Waals surface area contributed by atoms with Gasteiger partial charge in [0.15, 0.2) is 0 Å². The summed E-state index contributed by atoms with van der Waals surface area (Å²) in [6, 6.07) is 2.09. The zero-order valence-electron chi connectivity index (χ0n) is 9.55. The molecule has 0 aromatic carbocycles. The second-order valence-corrected chi connectivity index (χ2v) is 4.59. The lowest BCUT2D eigenvalue weighted by Gasteiger charge is -2.20. The summed E-state index contributed by atoms with van der Waals surface area (Å²) >= 11 is 3.42. The molecule has 84 valence electrons. The zero-order chi connectivity index (χ0) is 11.3. The SMILES string of the molecule is CNCCCN(C)c1ncc(Br)cc1C. The number of nitrogens with one attached hydrogen (secondary N) is 1. The maximum Gasteiger partial charge on any atom is 0.131 e. The van der Waals surface area contributed by atoms with Gasteiger partial charge in [-0.05, 0) is 54.5 Å². The van der Waals surface area contributed by atoms with Crippen molar-refractivity contribution in [2.75, 3.05) is 32.1 Å². The number of pyridine rings is 1. The quantitative estimate of drug-likeness (QED) is 0.833. The first kappa shape index (κ1) is 12.5. The Labute approximate surface area is 100 Å². The Morgan fingerprint density at radius 1 is 1.53 bits per heavy atom. The molecule has 1 aromatic heterocycles. The number of halogens is 1. The van der Waals surface area contributed by atoms with Crippen LogP contribution >= 0.6 is 15.9 Å². The molecule has 0 unspecified atom stereocenters. The van der Waals surface area contributed by atoms with Crippen molar-refractivity contribution >= 4 is 21.7 Å². The Morgan fingerprint density at radius 3 is 2.87 bits per heavy atom. The van der Waals surface area contributed by atoms with Crippen LogP contribution in [-0.2, 0) is 0 Å². The number of nitrogens with zero attached hydrogens (tertiary/aromatic N) is 2. The van der Waals surface area contributed by atoms with Gasteiger partial charge in [-0.3, -0.25) is 0 Å². The molecule has 1 aromatic rings. The Hall–Kier alpha value is -0.610. The lowest BCUT2D eigenvalue weighted by atomic mass is 10.2. The van der Waals surface area contributed by atoms with E-state index >= 15 is 0 Å². The number of hydrogen-bond acceptors (Lipinski definition) is 3. The average Bonchev–Trinajstić information content (AvgIpc) is 2.17. The van der Waals surface area contributed by atoms with E-state index in [1.54, 1.807) is 0 Å². The topological polar surface area (TPSA) is 28.2 Å². The normalized spacial score (nSPS) is 10.4. The largest absolute Gasteiger partial charge is 0.359 e. The molecule has 0 aliphatic carbocycles. The van der Waals surface area contributed by atoms with E-state index in [1.807, 2.05) is 13.2 Å². The highest BCUT2D eigenvalue weighted by Gasteiger charge is 2.05. The van der Waals surface area contributed by atoms with Crippen LogP contribution in [0.25, 0.3) is 0 Å². The summed E-state index contributed by atoms with van der Waals surface area (Å²) in [7, 11) is 4.06. The fraction of sp³-hybridized carbons (Fsp3) is 0.545. The summed E-state index contributed by atoms with van der Waals surface area (Å²) in [5.74, 6) is 1.06. The van der Waals surface area contributed by atoms with Crippen molar-refractivity contribution in [2.45, 2.75) is 13.3 Å². The van der Waals surface area contributed by atoms with Crippen molar-refractivity contribution in [3.8, 4) is 0 Å². The van der Waals surface area contributed by atoms with Crippen LogP contribution in [0.5, 0.6) is 0 Å². The van der Waals surface area contributed by atoms with E-state index in [-0.39, 0.29) is 0 Å². The molecule has 3 nitrogen and oxygen atoms in total. The predicted octanol–water partition coefficient (Wildman–Crippen LogP) is 2.20. The molecule has 0 atom stereocenters. The Bertz CT molecular complexity index is 315. The minimum absolute atomic E-state index is 1.02. The lowest BCUT2D eigenvalue weighted by Crippen LogP contribution is -2.23. The van der Waals surface area contributed by atoms with Crippen LogP contribution in [0.3, 0.4) is 0 Å². The molecule has 4 heteroatoms. The third-order valence-corrected chi connectivity index (χ3v) is 2.73. The first-order valence-electron chi connectivity index (χ1n) is 5.13. The van der Waals surface area contributed by atoms with E-state index in [2.05, 4.69) is 51.2 Å². The zero-order valence-corrected chi connectivity index (χ0v) is 11.1. The van der Waals surface area contributed by atoms with Gasteiger partial charge in [-0.15, -0.1) is 0 Å². The number of aryl methyl sites for hydroxylation is 1. The number of anilines is 1. The van der Waals surface area contributed by atoms with E-state index in [0.29, 0.717) is 0 Å². The highest BCUT2D eigenvalue weighted by molar-refractivity contribution is 9.10. The minimum atomic E-state index is 1.02. The van der Waals surface area contributed by atoms with Crippen LogP contribution in [0, 0.1) is 6.92 Å². The number of aromatic nitrogens is 1. The van der Waals surface area contributed by atoms with Gasteiger partial charge in [0.2, 0.25) is 0 Å². The smallest absolute Gasteiger partial charge is 0.131 e. The molecule has 1 rings (SSSR count). The summed E-state index contributed by atoms with van der Waals surface area (Å²) in [6.45, 7) is 4.15. The van der Waals surface area contributed by atoms with Gasteiger partial charge < -0.3 is 10.2 Å². The molecule has 1 N–H and O–H groups in total. The van der Waals surface area contributed by atoms with Crippen molar-refractivity contribution in [1.82, 2.24) is 10.3 Å². The molecule has 0 aliphatic rings. The number of rotatable bonds is 5. The Kier molecular flexibility index (Phi) is 5.05. The summed E-state index contributed by atoms with van der Waals surface area (Å²) in [4.78, 5) is 6.61. The second-order valence-electron chi connectivity index (χ2n) is 3.67. The molecule has 0 aliphatic heterocycles. The molecule has 0 saturated carbocycles. The third-order valence-electron chi connectivity index (χ3n) is 2.30. The van der Waals surface area contributed by atoms with Crippen molar-refractivity contribution in [1.29, 1.82) is 0 Å². The molecule has 0 fully saturated rings. The van der Waals surface area contributed by atoms with Crippen molar-refractivity contribution in [2.24, 2.45) is 0 Å². The van der Waals surface area contributed by atoms with Crippen LogP contribution in [0.1, 0.15) is 12.0 Å². The molecule has 0 saturated heterocycles. The maximum absolute atomic E-state index is 4.42. The van der Waals surface area contributed by atoms with Crippen LogP contribution in [0.4, 0.5) is 5.82 Å². The second kappa shape index (κ2) is 6.08. The molecule has 1 heterocycles. The minimum Gasteiger partial charge on any atom is -0.359 e. The van der Waals surface area contributed by atoms with Crippen molar-refractivity contribution in [3.63, 3.8) is 0 Å². The van der Waals surface area contributed by atoms with Gasteiger partial charge in [0.25, 0.3) is 0 Å². The molecule has 0 spiro atoms. The van der Waals surface area contributed by atoms with Gasteiger partial charge in [-0.1, -0.05) is 0 Å². The molecule has 15 heavy (non-hydrogen) atoms. The predicted molar refractivity (Wildman–Crippen MR) is 68.5 cm³/mol. The van der Waals surface area contributed by atoms with Crippen LogP contribution in [0.15, 0.2) is 16.7 Å². The van der Waals surface area contributed by atoms with Crippen LogP contribution in [0.2, 0.25) is 0 Å². The average molecular weight is 272 g/mol.